The van der Waals surface area contributed by atoms with Gasteiger partial charge in [0.05, 0.1) is 10.5 Å². The van der Waals surface area contributed by atoms with Crippen LogP contribution >= 0.6 is 15.9 Å². The molecule has 2 rings (SSSR count). The molecule has 2 aromatic carbocycles. The Hall–Kier alpha value is -1.19. The van der Waals surface area contributed by atoms with E-state index in [1.165, 1.54) is 5.56 Å². The van der Waals surface area contributed by atoms with Gasteiger partial charge in [0.1, 0.15) is 5.82 Å². The highest BCUT2D eigenvalue weighted by Crippen LogP contribution is 2.28. The predicted molar refractivity (Wildman–Crippen MR) is 80.8 cm³/mol. The minimum Gasteiger partial charge on any atom is -0.309 e. The molecule has 0 heterocycles. The summed E-state index contributed by atoms with van der Waals surface area (Å²) < 4.78 is 14.7. The molecule has 1 unspecified atom stereocenters. The zero-order valence-corrected chi connectivity index (χ0v) is 12.7. The number of hydrogen-bond acceptors (Lipinski definition) is 1. The van der Waals surface area contributed by atoms with E-state index in [1.807, 2.05) is 31.3 Å². The fourth-order valence-electron chi connectivity index (χ4n) is 2.24. The van der Waals surface area contributed by atoms with Gasteiger partial charge in [0.2, 0.25) is 0 Å². The van der Waals surface area contributed by atoms with Gasteiger partial charge in [0.25, 0.3) is 0 Å². The maximum absolute atomic E-state index is 14.2. The van der Waals surface area contributed by atoms with Crippen molar-refractivity contribution < 1.29 is 4.39 Å². The van der Waals surface area contributed by atoms with Crippen LogP contribution in [0.15, 0.2) is 46.9 Å². The molecule has 0 aromatic heterocycles. The highest BCUT2D eigenvalue weighted by molar-refractivity contribution is 9.10. The van der Waals surface area contributed by atoms with Crippen LogP contribution in [0.5, 0.6) is 0 Å². The van der Waals surface area contributed by atoms with E-state index >= 15 is 0 Å². The van der Waals surface area contributed by atoms with Crippen molar-refractivity contribution in [1.29, 1.82) is 0 Å². The van der Waals surface area contributed by atoms with Crippen molar-refractivity contribution in [1.82, 2.24) is 5.32 Å². The van der Waals surface area contributed by atoms with Crippen molar-refractivity contribution >= 4 is 15.9 Å². The number of benzene rings is 2. The van der Waals surface area contributed by atoms with Gasteiger partial charge in [0.15, 0.2) is 0 Å². The van der Waals surface area contributed by atoms with Crippen molar-refractivity contribution in [3.63, 3.8) is 0 Å². The minimum absolute atomic E-state index is 0.135. The molecule has 0 radical (unpaired) electrons. The summed E-state index contributed by atoms with van der Waals surface area (Å²) in [5.41, 5.74) is 3.00. The van der Waals surface area contributed by atoms with E-state index in [0.717, 1.165) is 12.0 Å². The van der Waals surface area contributed by atoms with Crippen molar-refractivity contribution in [3.05, 3.63) is 69.4 Å². The molecular formula is C16H17BrFN. The second-order valence-electron chi connectivity index (χ2n) is 4.46. The minimum atomic E-state index is -0.205. The van der Waals surface area contributed by atoms with Gasteiger partial charge in [-0.15, -0.1) is 0 Å². The van der Waals surface area contributed by atoms with E-state index in [0.29, 0.717) is 10.0 Å². The Morgan fingerprint density at radius 2 is 1.95 bits per heavy atom. The van der Waals surface area contributed by atoms with E-state index in [2.05, 4.69) is 40.3 Å². The van der Waals surface area contributed by atoms with Gasteiger partial charge < -0.3 is 5.32 Å². The molecule has 0 aliphatic carbocycles. The lowest BCUT2D eigenvalue weighted by Gasteiger charge is -2.19. The molecule has 1 N–H and O–H groups in total. The lowest BCUT2D eigenvalue weighted by molar-refractivity contribution is 0.571. The average molecular weight is 322 g/mol. The van der Waals surface area contributed by atoms with Gasteiger partial charge in [-0.2, -0.15) is 0 Å². The Morgan fingerprint density at radius 3 is 2.63 bits per heavy atom. The molecule has 19 heavy (non-hydrogen) atoms. The maximum Gasteiger partial charge on any atom is 0.142 e. The Bertz CT molecular complexity index is 568. The molecule has 2 aromatic rings. The second kappa shape index (κ2) is 6.31. The average Bonchev–Trinajstić information content (AvgIpc) is 2.44. The summed E-state index contributed by atoms with van der Waals surface area (Å²) in [6, 6.07) is 13.5. The van der Waals surface area contributed by atoms with E-state index in [-0.39, 0.29) is 11.9 Å². The number of nitrogens with one attached hydrogen (secondary N) is 1. The number of hydrogen-bond donors (Lipinski definition) is 1. The summed E-state index contributed by atoms with van der Waals surface area (Å²) in [6.07, 6.45) is 0.977. The molecule has 0 fully saturated rings. The van der Waals surface area contributed by atoms with Crippen LogP contribution in [-0.2, 0) is 6.42 Å². The molecule has 0 spiro atoms. The summed E-state index contributed by atoms with van der Waals surface area (Å²) in [6.45, 7) is 2.12. The van der Waals surface area contributed by atoms with Gasteiger partial charge in [0, 0.05) is 5.56 Å². The van der Waals surface area contributed by atoms with Crippen LogP contribution in [0.1, 0.15) is 29.7 Å². The highest BCUT2D eigenvalue weighted by Gasteiger charge is 2.17. The molecule has 100 valence electrons. The maximum atomic E-state index is 14.2. The van der Waals surface area contributed by atoms with Crippen LogP contribution in [0.4, 0.5) is 4.39 Å². The summed E-state index contributed by atoms with van der Waals surface area (Å²) in [5, 5.41) is 3.19. The second-order valence-corrected chi connectivity index (χ2v) is 5.32. The zero-order chi connectivity index (χ0) is 13.8. The van der Waals surface area contributed by atoms with Crippen LogP contribution in [0.25, 0.3) is 0 Å². The first-order valence-electron chi connectivity index (χ1n) is 6.37. The number of halogens is 2. The van der Waals surface area contributed by atoms with Crippen molar-refractivity contribution in [3.8, 4) is 0 Å². The summed E-state index contributed by atoms with van der Waals surface area (Å²) in [4.78, 5) is 0. The summed E-state index contributed by atoms with van der Waals surface area (Å²) in [7, 11) is 1.85. The van der Waals surface area contributed by atoms with Crippen LogP contribution in [0.2, 0.25) is 0 Å². The van der Waals surface area contributed by atoms with E-state index in [1.54, 1.807) is 6.07 Å². The van der Waals surface area contributed by atoms with Gasteiger partial charge in [-0.05, 0) is 46.6 Å². The van der Waals surface area contributed by atoms with E-state index < -0.39 is 0 Å². The van der Waals surface area contributed by atoms with Crippen LogP contribution < -0.4 is 5.32 Å². The lowest BCUT2D eigenvalue weighted by atomic mass is 9.96. The fourth-order valence-corrected chi connectivity index (χ4v) is 2.62. The molecule has 0 bridgehead atoms. The molecular weight excluding hydrogens is 305 g/mol. The predicted octanol–water partition coefficient (Wildman–Crippen LogP) is 4.46. The molecule has 0 aliphatic heterocycles. The van der Waals surface area contributed by atoms with Crippen LogP contribution in [-0.4, -0.2) is 7.05 Å². The van der Waals surface area contributed by atoms with Crippen molar-refractivity contribution in [2.24, 2.45) is 0 Å². The highest BCUT2D eigenvalue weighted by atomic mass is 79.9. The van der Waals surface area contributed by atoms with Gasteiger partial charge in [-0.1, -0.05) is 43.3 Å². The smallest absolute Gasteiger partial charge is 0.142 e. The molecule has 0 aliphatic rings. The zero-order valence-electron chi connectivity index (χ0n) is 11.1. The SMILES string of the molecule is CCc1cccc(C(NC)c2cccc(Br)c2F)c1. The first-order chi connectivity index (χ1) is 9.17. The van der Waals surface area contributed by atoms with Crippen molar-refractivity contribution in [2.45, 2.75) is 19.4 Å². The lowest BCUT2D eigenvalue weighted by Crippen LogP contribution is -2.19. The van der Waals surface area contributed by atoms with Gasteiger partial charge in [-0.3, -0.25) is 0 Å². The van der Waals surface area contributed by atoms with E-state index in [9.17, 15) is 4.39 Å². The first kappa shape index (κ1) is 14.2. The van der Waals surface area contributed by atoms with Crippen molar-refractivity contribution in [2.75, 3.05) is 7.05 Å². The largest absolute Gasteiger partial charge is 0.309 e. The van der Waals surface area contributed by atoms with Gasteiger partial charge in [-0.25, -0.2) is 4.39 Å². The third kappa shape index (κ3) is 3.04. The summed E-state index contributed by atoms with van der Waals surface area (Å²) in [5.74, 6) is -0.205. The monoisotopic (exact) mass is 321 g/mol. The fraction of sp³-hybridized carbons (Fsp3) is 0.250. The Kier molecular flexibility index (Phi) is 4.72. The third-order valence-corrected chi connectivity index (χ3v) is 3.89. The molecule has 0 saturated carbocycles. The molecule has 1 atom stereocenters. The molecule has 0 saturated heterocycles. The number of aryl methyl sites for hydroxylation is 1. The third-order valence-electron chi connectivity index (χ3n) is 3.27. The topological polar surface area (TPSA) is 12.0 Å². The number of rotatable bonds is 4. The summed E-state index contributed by atoms with van der Waals surface area (Å²) >= 11 is 3.24. The Labute approximate surface area is 122 Å². The van der Waals surface area contributed by atoms with E-state index in [4.69, 9.17) is 0 Å². The molecule has 3 heteroatoms. The normalized spacial score (nSPS) is 12.4. The van der Waals surface area contributed by atoms with Crippen LogP contribution in [0.3, 0.4) is 0 Å². The van der Waals surface area contributed by atoms with Crippen LogP contribution in [0, 0.1) is 5.82 Å². The Balaban J connectivity index is 2.46. The quantitative estimate of drug-likeness (QED) is 0.876. The Morgan fingerprint density at radius 1 is 1.21 bits per heavy atom. The first-order valence-corrected chi connectivity index (χ1v) is 7.16. The molecule has 1 nitrogen and oxygen atoms in total. The van der Waals surface area contributed by atoms with Gasteiger partial charge >= 0.3 is 0 Å². The molecule has 0 amide bonds. The standard InChI is InChI=1S/C16H17BrFN/c1-3-11-6-4-7-12(10-11)16(19-2)13-8-5-9-14(17)15(13)18/h4-10,16,19H,3H2,1-2H3.